The molecule has 1 atom stereocenters. The summed E-state index contributed by atoms with van der Waals surface area (Å²) in [6.07, 6.45) is 8.37. The number of amides is 1. The Balaban J connectivity index is 1.63. The number of rotatable bonds is 4. The van der Waals surface area contributed by atoms with Gasteiger partial charge in [0.15, 0.2) is 0 Å². The second-order valence-corrected chi connectivity index (χ2v) is 6.12. The minimum absolute atomic E-state index is 0.0281. The minimum Gasteiger partial charge on any atom is -0.347 e. The molecule has 0 radical (unpaired) electrons. The Morgan fingerprint density at radius 3 is 3.00 bits per heavy atom. The molecule has 2 N–H and O–H groups in total. The third kappa shape index (κ3) is 3.11. The van der Waals surface area contributed by atoms with E-state index >= 15 is 0 Å². The number of hydrogen-bond acceptors (Lipinski definition) is 3. The molecule has 1 aliphatic rings. The fraction of sp³-hybridized carbons (Fsp3) is 0.176. The highest BCUT2D eigenvalue weighted by Gasteiger charge is 2.11. The predicted molar refractivity (Wildman–Crippen MR) is 88.3 cm³/mol. The van der Waals surface area contributed by atoms with Crippen LogP contribution in [0, 0.1) is 11.3 Å². The zero-order valence-electron chi connectivity index (χ0n) is 11.5. The molecule has 1 heterocycles. The zero-order valence-corrected chi connectivity index (χ0v) is 12.3. The molecule has 3 rings (SSSR count). The number of allylic oxidation sites excluding steroid dienone is 2. The molecule has 1 amide bonds. The summed E-state index contributed by atoms with van der Waals surface area (Å²) in [6.45, 7) is 0.536. The molecule has 21 heavy (non-hydrogen) atoms. The van der Waals surface area contributed by atoms with Crippen molar-refractivity contribution in [1.82, 2.24) is 5.32 Å². The van der Waals surface area contributed by atoms with E-state index < -0.39 is 0 Å². The van der Waals surface area contributed by atoms with Gasteiger partial charge < -0.3 is 10.7 Å². The average molecular weight is 296 g/mol. The van der Waals surface area contributed by atoms with E-state index in [0.717, 1.165) is 27.0 Å². The minimum atomic E-state index is -0.0281. The van der Waals surface area contributed by atoms with Crippen molar-refractivity contribution in [3.8, 4) is 0 Å². The maximum absolute atomic E-state index is 12.2. The number of carbonyl (C=O) groups is 1. The lowest BCUT2D eigenvalue weighted by molar-refractivity contribution is 0.0961. The molecule has 106 valence electrons. The molecule has 0 saturated heterocycles. The number of nitrogens with one attached hydrogen (secondary N) is 2. The molecule has 0 spiro atoms. The van der Waals surface area contributed by atoms with Gasteiger partial charge in [-0.25, -0.2) is 0 Å². The molecule has 0 saturated carbocycles. The van der Waals surface area contributed by atoms with Crippen LogP contribution in [0.25, 0.3) is 10.1 Å². The van der Waals surface area contributed by atoms with Gasteiger partial charge in [-0.2, -0.15) is 0 Å². The van der Waals surface area contributed by atoms with Crippen molar-refractivity contribution in [2.24, 2.45) is 5.92 Å². The third-order valence-electron chi connectivity index (χ3n) is 3.53. The highest BCUT2D eigenvalue weighted by molar-refractivity contribution is 7.20. The Morgan fingerprint density at radius 1 is 1.43 bits per heavy atom. The largest absolute Gasteiger partial charge is 0.347 e. The summed E-state index contributed by atoms with van der Waals surface area (Å²) >= 11 is 1.52. The van der Waals surface area contributed by atoms with E-state index in [1.165, 1.54) is 17.6 Å². The summed E-state index contributed by atoms with van der Waals surface area (Å²) in [4.78, 5) is 12.9. The van der Waals surface area contributed by atoms with Crippen molar-refractivity contribution in [3.05, 3.63) is 59.0 Å². The van der Waals surface area contributed by atoms with Gasteiger partial charge in [-0.3, -0.25) is 4.79 Å². The van der Waals surface area contributed by atoms with Crippen LogP contribution >= 0.6 is 11.3 Å². The van der Waals surface area contributed by atoms with E-state index in [-0.39, 0.29) is 11.8 Å². The zero-order chi connectivity index (χ0) is 14.7. The first-order valence-electron chi connectivity index (χ1n) is 6.91. The topological polar surface area (TPSA) is 53.0 Å². The highest BCUT2D eigenvalue weighted by Crippen LogP contribution is 2.25. The number of hydrogen-bond donors (Lipinski definition) is 2. The fourth-order valence-corrected chi connectivity index (χ4v) is 3.28. The van der Waals surface area contributed by atoms with Crippen LogP contribution in [0.3, 0.4) is 0 Å². The lowest BCUT2D eigenvalue weighted by atomic mass is 9.98. The maximum Gasteiger partial charge on any atom is 0.261 e. The number of fused-ring (bicyclic) bond motifs is 1. The molecule has 1 aromatic carbocycles. The lowest BCUT2D eigenvalue weighted by Gasteiger charge is -2.12. The Bertz CT molecular complexity index is 709. The first kappa shape index (κ1) is 13.8. The van der Waals surface area contributed by atoms with E-state index in [1.54, 1.807) is 0 Å². The molecule has 0 aliphatic heterocycles. The highest BCUT2D eigenvalue weighted by atomic mass is 32.1. The van der Waals surface area contributed by atoms with Crippen molar-refractivity contribution < 1.29 is 4.79 Å². The molecule has 1 aliphatic carbocycles. The summed E-state index contributed by atoms with van der Waals surface area (Å²) in [5, 5.41) is 11.3. The second-order valence-electron chi connectivity index (χ2n) is 5.04. The van der Waals surface area contributed by atoms with Gasteiger partial charge in [0.1, 0.15) is 0 Å². The van der Waals surface area contributed by atoms with Crippen molar-refractivity contribution in [1.29, 1.82) is 5.41 Å². The first-order valence-corrected chi connectivity index (χ1v) is 7.72. The smallest absolute Gasteiger partial charge is 0.261 e. The second kappa shape index (κ2) is 6.06. The standard InChI is InChI=1S/C17H16N2OS/c18-10-12-5-7-13(8-6-12)11-19-17(20)16-9-14-3-1-2-4-15(14)21-16/h1-5,7-10,12,18H,6,11H2,(H,19,20). The van der Waals surface area contributed by atoms with Crippen molar-refractivity contribution in [3.63, 3.8) is 0 Å². The summed E-state index contributed by atoms with van der Waals surface area (Å²) in [5.74, 6) is 0.173. The van der Waals surface area contributed by atoms with Crippen LogP contribution in [0.1, 0.15) is 16.1 Å². The van der Waals surface area contributed by atoms with Gasteiger partial charge in [0.25, 0.3) is 5.91 Å². The molecule has 1 aromatic heterocycles. The molecule has 2 aromatic rings. The summed E-state index contributed by atoms with van der Waals surface area (Å²) in [5.41, 5.74) is 1.10. The molecule has 0 fully saturated rings. The van der Waals surface area contributed by atoms with Crippen LogP contribution in [0.15, 0.2) is 54.1 Å². The van der Waals surface area contributed by atoms with Gasteiger partial charge in [0.05, 0.1) is 4.88 Å². The summed E-state index contributed by atoms with van der Waals surface area (Å²) < 4.78 is 1.13. The van der Waals surface area contributed by atoms with Crippen molar-refractivity contribution >= 4 is 33.5 Å². The fourth-order valence-electron chi connectivity index (χ4n) is 2.30. The maximum atomic E-state index is 12.2. The van der Waals surface area contributed by atoms with Gasteiger partial charge in [0, 0.05) is 23.4 Å². The van der Waals surface area contributed by atoms with Crippen LogP contribution < -0.4 is 5.32 Å². The lowest BCUT2D eigenvalue weighted by Crippen LogP contribution is -2.25. The molecule has 4 heteroatoms. The van der Waals surface area contributed by atoms with Gasteiger partial charge in [0.2, 0.25) is 0 Å². The number of carbonyl (C=O) groups excluding carboxylic acids is 1. The first-order chi connectivity index (χ1) is 10.3. The Hall–Kier alpha value is -2.20. The normalized spacial score (nSPS) is 17.5. The summed E-state index contributed by atoms with van der Waals surface area (Å²) in [7, 11) is 0. The monoisotopic (exact) mass is 296 g/mol. The van der Waals surface area contributed by atoms with Crippen LogP contribution in [0.2, 0.25) is 0 Å². The Kier molecular flexibility index (Phi) is 3.97. The SMILES string of the molecule is N=CC1C=CC(CNC(=O)c2cc3ccccc3s2)=CC1. The van der Waals surface area contributed by atoms with E-state index in [2.05, 4.69) is 11.4 Å². The molecular weight excluding hydrogens is 280 g/mol. The van der Waals surface area contributed by atoms with Crippen LogP contribution in [0.4, 0.5) is 0 Å². The molecule has 3 nitrogen and oxygen atoms in total. The van der Waals surface area contributed by atoms with Crippen LogP contribution in [-0.4, -0.2) is 18.7 Å². The van der Waals surface area contributed by atoms with Gasteiger partial charge in [-0.05, 0) is 29.5 Å². The van der Waals surface area contributed by atoms with Crippen molar-refractivity contribution in [2.75, 3.05) is 6.54 Å². The molecule has 1 unspecified atom stereocenters. The van der Waals surface area contributed by atoms with Gasteiger partial charge in [-0.1, -0.05) is 36.4 Å². The van der Waals surface area contributed by atoms with Crippen LogP contribution in [0.5, 0.6) is 0 Å². The Labute approximate surface area is 127 Å². The number of thiophene rings is 1. The summed E-state index contributed by atoms with van der Waals surface area (Å²) in [6, 6.07) is 9.95. The van der Waals surface area contributed by atoms with Crippen molar-refractivity contribution in [2.45, 2.75) is 6.42 Å². The van der Waals surface area contributed by atoms with E-state index in [0.29, 0.717) is 6.54 Å². The third-order valence-corrected chi connectivity index (χ3v) is 4.64. The van der Waals surface area contributed by atoms with E-state index in [1.807, 2.05) is 42.5 Å². The molecular formula is C17H16N2OS. The molecule has 0 bridgehead atoms. The van der Waals surface area contributed by atoms with E-state index in [9.17, 15) is 4.79 Å². The van der Waals surface area contributed by atoms with Gasteiger partial charge in [-0.15, -0.1) is 11.3 Å². The number of benzene rings is 1. The van der Waals surface area contributed by atoms with E-state index in [4.69, 9.17) is 5.41 Å². The Morgan fingerprint density at radius 2 is 2.29 bits per heavy atom. The predicted octanol–water partition coefficient (Wildman–Crippen LogP) is 3.78. The quantitative estimate of drug-likeness (QED) is 0.829. The van der Waals surface area contributed by atoms with Gasteiger partial charge >= 0.3 is 0 Å². The average Bonchev–Trinajstić information content (AvgIpc) is 2.97. The van der Waals surface area contributed by atoms with Crippen LogP contribution in [-0.2, 0) is 0 Å².